The van der Waals surface area contributed by atoms with Crippen LogP contribution in [0.2, 0.25) is 0 Å². The van der Waals surface area contributed by atoms with Crippen molar-refractivity contribution in [3.63, 3.8) is 0 Å². The van der Waals surface area contributed by atoms with Crippen molar-refractivity contribution in [2.24, 2.45) is 10.9 Å². The molecule has 2 N–H and O–H groups in total. The van der Waals surface area contributed by atoms with Crippen molar-refractivity contribution in [3.05, 3.63) is 77.9 Å². The number of nitrogens with two attached hydrogens (primary N) is 1. The zero-order valence-electron chi connectivity index (χ0n) is 16.1. The van der Waals surface area contributed by atoms with Crippen molar-refractivity contribution in [3.8, 4) is 0 Å². The molecule has 0 unspecified atom stereocenters. The van der Waals surface area contributed by atoms with Crippen LogP contribution in [0.5, 0.6) is 0 Å². The molecule has 0 heterocycles. The number of carbonyl (C=O) groups excluding carboxylic acids is 1. The van der Waals surface area contributed by atoms with E-state index in [1.165, 1.54) is 13.1 Å². The lowest BCUT2D eigenvalue weighted by molar-refractivity contribution is -0.143. The molecule has 0 saturated heterocycles. The van der Waals surface area contributed by atoms with E-state index in [4.69, 9.17) is 10.6 Å². The summed E-state index contributed by atoms with van der Waals surface area (Å²) in [6, 6.07) is 19.4. The van der Waals surface area contributed by atoms with Crippen LogP contribution in [-0.4, -0.2) is 38.1 Å². The number of amidine groups is 1. The summed E-state index contributed by atoms with van der Waals surface area (Å²) in [4.78, 5) is 16.9. The summed E-state index contributed by atoms with van der Waals surface area (Å²) in [5.74, 6) is -0.815. The third kappa shape index (κ3) is 4.79. The van der Waals surface area contributed by atoms with Gasteiger partial charge in [0.25, 0.3) is 0 Å². The van der Waals surface area contributed by atoms with Crippen molar-refractivity contribution in [1.82, 2.24) is 4.31 Å². The van der Waals surface area contributed by atoms with Gasteiger partial charge >= 0.3 is 5.97 Å². The van der Waals surface area contributed by atoms with Crippen LogP contribution in [0.4, 0.5) is 0 Å². The Morgan fingerprint density at radius 2 is 1.69 bits per heavy atom. The summed E-state index contributed by atoms with van der Waals surface area (Å²) in [7, 11) is -2.56. The van der Waals surface area contributed by atoms with Gasteiger partial charge in [0.1, 0.15) is 6.54 Å². The van der Waals surface area contributed by atoms with Crippen LogP contribution in [0.3, 0.4) is 0 Å². The quantitative estimate of drug-likeness (QED) is 0.291. The second-order valence-electron chi connectivity index (χ2n) is 6.58. The Balaban J connectivity index is 1.69. The minimum Gasteiger partial charge on any atom is -0.380 e. The van der Waals surface area contributed by atoms with Crippen LogP contribution in [0.25, 0.3) is 10.8 Å². The summed E-state index contributed by atoms with van der Waals surface area (Å²) < 4.78 is 26.4. The molecule has 0 bridgehead atoms. The zero-order valence-corrected chi connectivity index (χ0v) is 16.9. The van der Waals surface area contributed by atoms with Gasteiger partial charge in [-0.2, -0.15) is 4.31 Å². The first-order valence-corrected chi connectivity index (χ1v) is 10.3. The fourth-order valence-corrected chi connectivity index (χ4v) is 3.83. The molecule has 0 aliphatic carbocycles. The molecule has 0 fully saturated rings. The molecule has 0 radical (unpaired) electrons. The monoisotopic (exact) mass is 411 g/mol. The van der Waals surface area contributed by atoms with Crippen LogP contribution in [-0.2, 0) is 19.7 Å². The second-order valence-corrected chi connectivity index (χ2v) is 8.62. The zero-order chi connectivity index (χ0) is 21.0. The predicted octanol–water partition coefficient (Wildman–Crippen LogP) is 2.63. The van der Waals surface area contributed by atoms with Crippen LogP contribution < -0.4 is 5.73 Å². The van der Waals surface area contributed by atoms with Crippen molar-refractivity contribution in [1.29, 1.82) is 0 Å². The number of rotatable bonds is 6. The van der Waals surface area contributed by atoms with E-state index in [0.29, 0.717) is 5.56 Å². The lowest BCUT2D eigenvalue weighted by Crippen LogP contribution is -2.32. The van der Waals surface area contributed by atoms with Gasteiger partial charge in [-0.3, -0.25) is 0 Å². The average Bonchev–Trinajstić information content (AvgIpc) is 2.72. The van der Waals surface area contributed by atoms with E-state index in [2.05, 4.69) is 5.16 Å². The number of benzene rings is 3. The number of fused-ring (bicyclic) bond motifs is 1. The molecular weight excluding hydrogens is 390 g/mol. The van der Waals surface area contributed by atoms with E-state index in [-0.39, 0.29) is 10.7 Å². The molecule has 0 aromatic heterocycles. The number of carbonyl (C=O) groups is 1. The van der Waals surface area contributed by atoms with Gasteiger partial charge < -0.3 is 10.6 Å². The Hall–Kier alpha value is -3.23. The maximum atomic E-state index is 12.8. The first kappa shape index (κ1) is 20.5. The van der Waals surface area contributed by atoms with Crippen LogP contribution in [0.1, 0.15) is 11.1 Å². The molecule has 0 saturated carbocycles. The summed E-state index contributed by atoms with van der Waals surface area (Å²) in [5.41, 5.74) is 7.45. The molecule has 3 rings (SSSR count). The normalized spacial score (nSPS) is 12.3. The SMILES string of the molecule is Cc1ccc(C(N)=NOC(=O)CN(C)S(=O)(=O)c2ccc3ccccc3c2)cc1. The van der Waals surface area contributed by atoms with Gasteiger partial charge in [0, 0.05) is 12.6 Å². The Kier molecular flexibility index (Phi) is 5.95. The third-order valence-corrected chi connectivity index (χ3v) is 6.17. The fraction of sp³-hybridized carbons (Fsp3) is 0.143. The largest absolute Gasteiger partial charge is 0.380 e. The molecule has 29 heavy (non-hydrogen) atoms. The summed E-state index contributed by atoms with van der Waals surface area (Å²) in [6.07, 6.45) is 0. The summed E-state index contributed by atoms with van der Waals surface area (Å²) >= 11 is 0. The number of hydrogen-bond donors (Lipinski definition) is 1. The number of aryl methyl sites for hydroxylation is 1. The molecule has 3 aromatic rings. The van der Waals surface area contributed by atoms with Crippen LogP contribution >= 0.6 is 0 Å². The minimum absolute atomic E-state index is 0.0263. The van der Waals surface area contributed by atoms with Gasteiger partial charge in [-0.05, 0) is 29.8 Å². The topological polar surface area (TPSA) is 102 Å². The van der Waals surface area contributed by atoms with Gasteiger partial charge in [0.05, 0.1) is 4.90 Å². The Labute approximate surface area is 169 Å². The van der Waals surface area contributed by atoms with E-state index >= 15 is 0 Å². The molecule has 0 atom stereocenters. The number of likely N-dealkylation sites (N-methyl/N-ethyl adjacent to an activating group) is 1. The molecule has 0 amide bonds. The van der Waals surface area contributed by atoms with Gasteiger partial charge in [-0.1, -0.05) is 65.3 Å². The van der Waals surface area contributed by atoms with Crippen LogP contribution in [0.15, 0.2) is 76.8 Å². The summed E-state index contributed by atoms with van der Waals surface area (Å²) in [5, 5.41) is 5.31. The number of hydrogen-bond acceptors (Lipinski definition) is 5. The van der Waals surface area contributed by atoms with Crippen molar-refractivity contribution >= 4 is 32.6 Å². The minimum atomic E-state index is -3.87. The van der Waals surface area contributed by atoms with Gasteiger partial charge in [0.15, 0.2) is 5.84 Å². The number of sulfonamides is 1. The first-order chi connectivity index (χ1) is 13.8. The number of oxime groups is 1. The van der Waals surface area contributed by atoms with Crippen LogP contribution in [0, 0.1) is 6.92 Å². The Morgan fingerprint density at radius 1 is 1.03 bits per heavy atom. The molecule has 150 valence electrons. The fourth-order valence-electron chi connectivity index (χ4n) is 2.68. The van der Waals surface area contributed by atoms with E-state index in [1.54, 1.807) is 24.3 Å². The highest BCUT2D eigenvalue weighted by atomic mass is 32.2. The molecular formula is C21H21N3O4S. The van der Waals surface area contributed by atoms with Crippen molar-refractivity contribution in [2.45, 2.75) is 11.8 Å². The average molecular weight is 411 g/mol. The lowest BCUT2D eigenvalue weighted by Gasteiger charge is -2.16. The lowest BCUT2D eigenvalue weighted by atomic mass is 10.1. The second kappa shape index (κ2) is 8.42. The number of nitrogens with zero attached hydrogens (tertiary/aromatic N) is 2. The van der Waals surface area contributed by atoms with Crippen molar-refractivity contribution < 1.29 is 18.0 Å². The van der Waals surface area contributed by atoms with Gasteiger partial charge in [-0.15, -0.1) is 0 Å². The highest BCUT2D eigenvalue weighted by Crippen LogP contribution is 2.21. The standard InChI is InChI=1S/C21H21N3O4S/c1-15-7-9-17(10-8-15)21(22)23-28-20(25)14-24(2)29(26,27)19-12-11-16-5-3-4-6-18(16)13-19/h3-13H,14H2,1-2H3,(H2,22,23). The van der Waals surface area contributed by atoms with Gasteiger partial charge in [0.2, 0.25) is 10.0 Å². The molecule has 8 heteroatoms. The van der Waals surface area contributed by atoms with E-state index < -0.39 is 22.5 Å². The third-order valence-electron chi connectivity index (χ3n) is 4.37. The smallest absolute Gasteiger partial charge is 0.350 e. The van der Waals surface area contributed by atoms with E-state index in [0.717, 1.165) is 20.6 Å². The molecule has 7 nitrogen and oxygen atoms in total. The molecule has 0 spiro atoms. The van der Waals surface area contributed by atoms with E-state index in [1.807, 2.05) is 43.3 Å². The maximum absolute atomic E-state index is 12.8. The Morgan fingerprint density at radius 3 is 2.38 bits per heavy atom. The molecule has 0 aliphatic rings. The summed E-state index contributed by atoms with van der Waals surface area (Å²) in [6.45, 7) is 1.43. The predicted molar refractivity (Wildman–Crippen MR) is 112 cm³/mol. The molecule has 0 aliphatic heterocycles. The maximum Gasteiger partial charge on any atom is 0.350 e. The Bertz CT molecular complexity index is 1170. The highest BCUT2D eigenvalue weighted by Gasteiger charge is 2.24. The highest BCUT2D eigenvalue weighted by molar-refractivity contribution is 7.89. The van der Waals surface area contributed by atoms with E-state index in [9.17, 15) is 13.2 Å². The van der Waals surface area contributed by atoms with Crippen molar-refractivity contribution in [2.75, 3.05) is 13.6 Å². The van der Waals surface area contributed by atoms with Gasteiger partial charge in [-0.25, -0.2) is 13.2 Å². The first-order valence-electron chi connectivity index (χ1n) is 8.83. The molecule has 3 aromatic carbocycles.